The van der Waals surface area contributed by atoms with Gasteiger partial charge in [-0.15, -0.1) is 0 Å². The van der Waals surface area contributed by atoms with Gasteiger partial charge in [-0.1, -0.05) is 6.92 Å². The Balaban J connectivity index is 3.97. The molecule has 2 atom stereocenters. The van der Waals surface area contributed by atoms with Gasteiger partial charge in [0.25, 0.3) is 0 Å². The Bertz CT molecular complexity index is 269. The molecule has 0 aliphatic heterocycles. The van der Waals surface area contributed by atoms with Crippen LogP contribution in [0.15, 0.2) is 0 Å². The molecule has 0 aliphatic rings. The highest BCUT2D eigenvalue weighted by Crippen LogP contribution is 2.14. The van der Waals surface area contributed by atoms with Gasteiger partial charge in [0.1, 0.15) is 0 Å². The van der Waals surface area contributed by atoms with Crippen LogP contribution in [-0.2, 0) is 4.79 Å². The third-order valence-corrected chi connectivity index (χ3v) is 3.20. The summed E-state index contributed by atoms with van der Waals surface area (Å²) in [6.07, 6.45) is 2.40. The van der Waals surface area contributed by atoms with Gasteiger partial charge in [-0.2, -0.15) is 0 Å². The van der Waals surface area contributed by atoms with Crippen LogP contribution in [0.2, 0.25) is 0 Å². The lowest BCUT2D eigenvalue weighted by molar-refractivity contribution is -0.121. The molecule has 2 N–H and O–H groups in total. The van der Waals surface area contributed by atoms with Crippen LogP contribution in [0, 0.1) is 5.92 Å². The topological polar surface area (TPSA) is 61.4 Å². The molecule has 0 bridgehead atoms. The number of nitrogens with one attached hydrogen (secondary N) is 2. The molecule has 0 saturated carbocycles. The van der Waals surface area contributed by atoms with Gasteiger partial charge in [0.05, 0.1) is 0 Å². The third kappa shape index (κ3) is 6.47. The van der Waals surface area contributed by atoms with E-state index in [1.54, 1.807) is 19.0 Å². The number of hydrogen-bond acceptors (Lipinski definition) is 2. The Kier molecular flexibility index (Phi) is 8.16. The highest BCUT2D eigenvalue weighted by molar-refractivity contribution is 5.75. The quantitative estimate of drug-likeness (QED) is 0.727. The summed E-state index contributed by atoms with van der Waals surface area (Å²) in [7, 11) is 3.46. The molecule has 0 aromatic carbocycles. The average molecular weight is 257 g/mol. The molecule has 106 valence electrons. The van der Waals surface area contributed by atoms with E-state index in [1.807, 2.05) is 13.8 Å². The first-order valence-electron chi connectivity index (χ1n) is 6.63. The second kappa shape index (κ2) is 8.78. The maximum Gasteiger partial charge on any atom is 0.317 e. The largest absolute Gasteiger partial charge is 0.359 e. The number of nitrogens with zero attached hydrogens (tertiary/aromatic N) is 1. The Hall–Kier alpha value is -1.26. The van der Waals surface area contributed by atoms with Crippen molar-refractivity contribution in [1.82, 2.24) is 15.5 Å². The maximum absolute atomic E-state index is 11.6. The predicted octanol–water partition coefficient (Wildman–Crippen LogP) is 1.59. The summed E-state index contributed by atoms with van der Waals surface area (Å²) in [6, 6.07) is 0.146. The predicted molar refractivity (Wildman–Crippen MR) is 73.4 cm³/mol. The summed E-state index contributed by atoms with van der Waals surface area (Å²) < 4.78 is 0. The minimum Gasteiger partial charge on any atom is -0.359 e. The van der Waals surface area contributed by atoms with Crippen LogP contribution in [0.4, 0.5) is 4.79 Å². The zero-order valence-corrected chi connectivity index (χ0v) is 12.2. The smallest absolute Gasteiger partial charge is 0.317 e. The second-order valence-electron chi connectivity index (χ2n) is 4.86. The first kappa shape index (κ1) is 16.7. The van der Waals surface area contributed by atoms with Gasteiger partial charge in [0, 0.05) is 33.1 Å². The van der Waals surface area contributed by atoms with E-state index in [0.717, 1.165) is 12.8 Å². The van der Waals surface area contributed by atoms with Crippen LogP contribution in [0.1, 0.15) is 40.0 Å². The minimum atomic E-state index is -0.0380. The fourth-order valence-electron chi connectivity index (χ4n) is 1.72. The maximum atomic E-state index is 11.6. The monoisotopic (exact) mass is 257 g/mol. The van der Waals surface area contributed by atoms with Gasteiger partial charge in [-0.25, -0.2) is 4.79 Å². The number of rotatable bonds is 7. The Labute approximate surface area is 110 Å². The van der Waals surface area contributed by atoms with E-state index >= 15 is 0 Å². The molecule has 3 amide bonds. The van der Waals surface area contributed by atoms with Crippen molar-refractivity contribution in [2.75, 3.05) is 20.6 Å². The van der Waals surface area contributed by atoms with Crippen LogP contribution in [0.3, 0.4) is 0 Å². The highest BCUT2D eigenvalue weighted by atomic mass is 16.2. The molecule has 0 heterocycles. The van der Waals surface area contributed by atoms with Crippen molar-refractivity contribution in [2.45, 2.75) is 46.1 Å². The van der Waals surface area contributed by atoms with Gasteiger partial charge in [-0.3, -0.25) is 4.79 Å². The molecule has 0 radical (unpaired) electrons. The SMILES string of the molecule is CCNC(=O)N(C)C(C)CCC(C)CC(=O)NC. The number of hydrogen-bond donors (Lipinski definition) is 2. The number of carbonyl (C=O) groups excluding carboxylic acids is 2. The van der Waals surface area contributed by atoms with Gasteiger partial charge in [0.2, 0.25) is 5.91 Å². The Morgan fingerprint density at radius 3 is 2.33 bits per heavy atom. The molecular weight excluding hydrogens is 230 g/mol. The lowest BCUT2D eigenvalue weighted by Crippen LogP contribution is -2.42. The highest BCUT2D eigenvalue weighted by Gasteiger charge is 2.16. The number of urea groups is 1. The van der Waals surface area contributed by atoms with Crippen molar-refractivity contribution < 1.29 is 9.59 Å². The van der Waals surface area contributed by atoms with Gasteiger partial charge in [0.15, 0.2) is 0 Å². The van der Waals surface area contributed by atoms with Crippen molar-refractivity contribution in [3.05, 3.63) is 0 Å². The van der Waals surface area contributed by atoms with E-state index in [0.29, 0.717) is 18.9 Å². The van der Waals surface area contributed by atoms with Gasteiger partial charge < -0.3 is 15.5 Å². The van der Waals surface area contributed by atoms with E-state index in [1.165, 1.54) is 0 Å². The molecule has 0 spiro atoms. The van der Waals surface area contributed by atoms with Crippen molar-refractivity contribution in [3.63, 3.8) is 0 Å². The van der Waals surface area contributed by atoms with Crippen molar-refractivity contribution >= 4 is 11.9 Å². The van der Waals surface area contributed by atoms with Crippen LogP contribution < -0.4 is 10.6 Å². The van der Waals surface area contributed by atoms with E-state index < -0.39 is 0 Å². The molecule has 2 unspecified atom stereocenters. The molecule has 0 fully saturated rings. The molecule has 0 aromatic rings. The fourth-order valence-corrected chi connectivity index (χ4v) is 1.72. The molecule has 0 rings (SSSR count). The Morgan fingerprint density at radius 2 is 1.83 bits per heavy atom. The van der Waals surface area contributed by atoms with Crippen LogP contribution in [0.25, 0.3) is 0 Å². The molecule has 5 heteroatoms. The first-order chi connectivity index (χ1) is 8.42. The lowest BCUT2D eigenvalue weighted by Gasteiger charge is -2.26. The van der Waals surface area contributed by atoms with Crippen molar-refractivity contribution in [3.8, 4) is 0 Å². The van der Waals surface area contributed by atoms with Crippen molar-refractivity contribution in [1.29, 1.82) is 0 Å². The van der Waals surface area contributed by atoms with Crippen molar-refractivity contribution in [2.24, 2.45) is 5.92 Å². The van der Waals surface area contributed by atoms with Crippen LogP contribution in [0.5, 0.6) is 0 Å². The van der Waals surface area contributed by atoms with E-state index in [-0.39, 0.29) is 18.0 Å². The summed E-state index contributed by atoms with van der Waals surface area (Å²) in [5.41, 5.74) is 0. The molecule has 0 saturated heterocycles. The summed E-state index contributed by atoms with van der Waals surface area (Å²) in [4.78, 5) is 24.5. The second-order valence-corrected chi connectivity index (χ2v) is 4.86. The molecule has 0 aliphatic carbocycles. The number of carbonyl (C=O) groups is 2. The zero-order chi connectivity index (χ0) is 14.1. The third-order valence-electron chi connectivity index (χ3n) is 3.20. The standard InChI is InChI=1S/C13H27N3O2/c1-6-15-13(18)16(5)11(3)8-7-10(2)9-12(17)14-4/h10-11H,6-9H2,1-5H3,(H,14,17)(H,15,18). The molecular formula is C13H27N3O2. The summed E-state index contributed by atoms with van der Waals surface area (Å²) in [5.74, 6) is 0.419. The Morgan fingerprint density at radius 1 is 1.22 bits per heavy atom. The zero-order valence-electron chi connectivity index (χ0n) is 12.2. The molecule has 0 aromatic heterocycles. The summed E-state index contributed by atoms with van der Waals surface area (Å²) >= 11 is 0. The normalized spacial score (nSPS) is 13.6. The van der Waals surface area contributed by atoms with E-state index in [2.05, 4.69) is 17.6 Å². The average Bonchev–Trinajstić information content (AvgIpc) is 2.34. The lowest BCUT2D eigenvalue weighted by atomic mass is 9.98. The molecule has 18 heavy (non-hydrogen) atoms. The van der Waals surface area contributed by atoms with Crippen LogP contribution in [-0.4, -0.2) is 43.5 Å². The summed E-state index contributed by atoms with van der Waals surface area (Å²) in [6.45, 7) is 6.64. The van der Waals surface area contributed by atoms with E-state index in [4.69, 9.17) is 0 Å². The van der Waals surface area contributed by atoms with E-state index in [9.17, 15) is 9.59 Å². The first-order valence-corrected chi connectivity index (χ1v) is 6.63. The van der Waals surface area contributed by atoms with Gasteiger partial charge >= 0.3 is 6.03 Å². The van der Waals surface area contributed by atoms with Gasteiger partial charge in [-0.05, 0) is 32.6 Å². The number of amides is 3. The summed E-state index contributed by atoms with van der Waals surface area (Å²) in [5, 5.41) is 5.41. The molecule has 5 nitrogen and oxygen atoms in total. The van der Waals surface area contributed by atoms with Crippen LogP contribution >= 0.6 is 0 Å². The fraction of sp³-hybridized carbons (Fsp3) is 0.846. The minimum absolute atomic E-state index is 0.0380.